The van der Waals surface area contributed by atoms with Crippen LogP contribution in [0.25, 0.3) is 0 Å². The maximum atomic E-state index is 11.5. The van der Waals surface area contributed by atoms with E-state index in [0.29, 0.717) is 4.99 Å². The largest absolute Gasteiger partial charge is 0.468 e. The van der Waals surface area contributed by atoms with Gasteiger partial charge in [0.1, 0.15) is 11.5 Å². The summed E-state index contributed by atoms with van der Waals surface area (Å²) >= 11 is 4.82. The van der Waals surface area contributed by atoms with Crippen molar-refractivity contribution in [1.29, 1.82) is 0 Å². The molecule has 0 aromatic heterocycles. The quantitative estimate of drug-likeness (QED) is 0.586. The molecule has 0 saturated carbocycles. The third-order valence-electron chi connectivity index (χ3n) is 2.26. The van der Waals surface area contributed by atoms with Crippen molar-refractivity contribution in [2.24, 2.45) is 5.73 Å². The fourth-order valence-corrected chi connectivity index (χ4v) is 1.41. The lowest BCUT2D eigenvalue weighted by Gasteiger charge is -2.05. The summed E-state index contributed by atoms with van der Waals surface area (Å²) < 4.78 is 4.41. The number of rotatable bonds is 5. The molecule has 5 nitrogen and oxygen atoms in total. The molecule has 0 unspecified atom stereocenters. The van der Waals surface area contributed by atoms with Gasteiger partial charge in [0.05, 0.1) is 13.5 Å². The number of methoxy groups -OCH3 is 1. The molecule has 6 heteroatoms. The summed E-state index contributed by atoms with van der Waals surface area (Å²) in [5, 5.41) is 2.46. The molecule has 0 saturated heterocycles. The highest BCUT2D eigenvalue weighted by Crippen LogP contribution is 2.05. The Kier molecular flexibility index (Phi) is 5.26. The third kappa shape index (κ3) is 4.50. The molecular formula is C12H14N2O3S. The molecule has 1 rings (SSSR count). The average Bonchev–Trinajstić information content (AvgIpc) is 2.36. The Morgan fingerprint density at radius 1 is 1.33 bits per heavy atom. The molecule has 1 amide bonds. The van der Waals surface area contributed by atoms with Crippen LogP contribution in [0.5, 0.6) is 0 Å². The number of carbonyl (C=O) groups excluding carboxylic acids is 2. The highest BCUT2D eigenvalue weighted by Gasteiger charge is 2.06. The van der Waals surface area contributed by atoms with E-state index in [2.05, 4.69) is 10.1 Å². The van der Waals surface area contributed by atoms with E-state index in [1.807, 2.05) is 0 Å². The Balaban J connectivity index is 2.49. The normalized spacial score (nSPS) is 9.61. The predicted octanol–water partition coefficient (Wildman–Crippen LogP) is 0.152. The van der Waals surface area contributed by atoms with Crippen molar-refractivity contribution >= 4 is 29.1 Å². The van der Waals surface area contributed by atoms with Crippen LogP contribution in [0.4, 0.5) is 0 Å². The van der Waals surface area contributed by atoms with E-state index in [1.165, 1.54) is 7.11 Å². The van der Waals surface area contributed by atoms with Gasteiger partial charge < -0.3 is 15.8 Å². The minimum atomic E-state index is -0.479. The second kappa shape index (κ2) is 6.70. The maximum absolute atomic E-state index is 11.5. The van der Waals surface area contributed by atoms with Gasteiger partial charge in [-0.3, -0.25) is 9.59 Å². The lowest BCUT2D eigenvalue weighted by Crippen LogP contribution is -2.31. The molecule has 1 aromatic carbocycles. The predicted molar refractivity (Wildman–Crippen MR) is 71.1 cm³/mol. The van der Waals surface area contributed by atoms with Crippen LogP contribution in [-0.4, -0.2) is 30.5 Å². The zero-order valence-electron chi connectivity index (χ0n) is 9.93. The number of carbonyl (C=O) groups is 2. The van der Waals surface area contributed by atoms with Crippen LogP contribution in [0, 0.1) is 0 Å². The molecule has 0 aliphatic heterocycles. The van der Waals surface area contributed by atoms with Gasteiger partial charge in [-0.25, -0.2) is 0 Å². The van der Waals surface area contributed by atoms with E-state index in [9.17, 15) is 9.59 Å². The number of nitrogens with two attached hydrogens (primary N) is 1. The zero-order valence-corrected chi connectivity index (χ0v) is 10.8. The Hall–Kier alpha value is -1.95. The second-order valence-corrected chi connectivity index (χ2v) is 4.03. The number of ether oxygens (including phenoxy) is 1. The molecule has 0 aliphatic rings. The monoisotopic (exact) mass is 266 g/mol. The number of hydrogen-bond acceptors (Lipinski definition) is 4. The van der Waals surface area contributed by atoms with Gasteiger partial charge in [-0.2, -0.15) is 0 Å². The molecule has 0 atom stereocenters. The van der Waals surface area contributed by atoms with Crippen LogP contribution in [0.1, 0.15) is 11.1 Å². The molecule has 96 valence electrons. The Labute approximate surface area is 110 Å². The van der Waals surface area contributed by atoms with Crippen molar-refractivity contribution in [2.75, 3.05) is 13.7 Å². The molecule has 3 N–H and O–H groups in total. The van der Waals surface area contributed by atoms with Crippen LogP contribution in [0.2, 0.25) is 0 Å². The summed E-state index contributed by atoms with van der Waals surface area (Å²) in [4.78, 5) is 22.6. The molecule has 0 radical (unpaired) electrons. The molecule has 0 bridgehead atoms. The number of thiocarbonyl (C=S) groups is 1. The van der Waals surface area contributed by atoms with E-state index in [4.69, 9.17) is 18.0 Å². The first-order valence-electron chi connectivity index (χ1n) is 5.25. The van der Waals surface area contributed by atoms with Crippen molar-refractivity contribution in [3.05, 3.63) is 35.4 Å². The Morgan fingerprint density at radius 3 is 2.44 bits per heavy atom. The average molecular weight is 266 g/mol. The van der Waals surface area contributed by atoms with Gasteiger partial charge in [0.2, 0.25) is 5.91 Å². The Morgan fingerprint density at radius 2 is 1.94 bits per heavy atom. The van der Waals surface area contributed by atoms with Crippen molar-refractivity contribution in [2.45, 2.75) is 6.42 Å². The lowest BCUT2D eigenvalue weighted by atomic mass is 10.1. The first-order valence-corrected chi connectivity index (χ1v) is 5.66. The van der Waals surface area contributed by atoms with Crippen LogP contribution < -0.4 is 11.1 Å². The first kappa shape index (κ1) is 14.1. The molecule has 0 fully saturated rings. The summed E-state index contributed by atoms with van der Waals surface area (Å²) in [5.74, 6) is -0.726. The minimum Gasteiger partial charge on any atom is -0.468 e. The topological polar surface area (TPSA) is 81.4 Å². The zero-order chi connectivity index (χ0) is 13.5. The fourth-order valence-electron chi connectivity index (χ4n) is 1.28. The first-order chi connectivity index (χ1) is 8.52. The molecule has 1 aromatic rings. The minimum absolute atomic E-state index is 0.125. The van der Waals surface area contributed by atoms with E-state index in [-0.39, 0.29) is 18.9 Å². The maximum Gasteiger partial charge on any atom is 0.325 e. The summed E-state index contributed by atoms with van der Waals surface area (Å²) in [6, 6.07) is 7.05. The highest BCUT2D eigenvalue weighted by molar-refractivity contribution is 7.80. The number of hydrogen-bond donors (Lipinski definition) is 2. The third-order valence-corrected chi connectivity index (χ3v) is 2.50. The van der Waals surface area contributed by atoms with E-state index in [1.54, 1.807) is 24.3 Å². The Bertz CT molecular complexity index is 457. The van der Waals surface area contributed by atoms with Crippen LogP contribution in [0.15, 0.2) is 24.3 Å². The summed E-state index contributed by atoms with van der Waals surface area (Å²) in [7, 11) is 1.27. The van der Waals surface area contributed by atoms with Gasteiger partial charge in [-0.05, 0) is 5.56 Å². The molecular weight excluding hydrogens is 252 g/mol. The van der Waals surface area contributed by atoms with Crippen molar-refractivity contribution < 1.29 is 14.3 Å². The van der Waals surface area contributed by atoms with Gasteiger partial charge in [0.25, 0.3) is 0 Å². The van der Waals surface area contributed by atoms with Crippen LogP contribution >= 0.6 is 12.2 Å². The van der Waals surface area contributed by atoms with Crippen molar-refractivity contribution in [3.63, 3.8) is 0 Å². The van der Waals surface area contributed by atoms with Gasteiger partial charge in [-0.1, -0.05) is 36.5 Å². The van der Waals surface area contributed by atoms with Crippen LogP contribution in [0.3, 0.4) is 0 Å². The number of benzene rings is 1. The molecule has 18 heavy (non-hydrogen) atoms. The number of amides is 1. The van der Waals surface area contributed by atoms with E-state index >= 15 is 0 Å². The second-order valence-electron chi connectivity index (χ2n) is 3.59. The summed E-state index contributed by atoms with van der Waals surface area (Å²) in [6.07, 6.45) is 0.189. The SMILES string of the molecule is COC(=O)CNC(=O)Cc1ccc(C(N)=S)cc1. The lowest BCUT2D eigenvalue weighted by molar-refractivity contribution is -0.141. The van der Waals surface area contributed by atoms with Crippen LogP contribution in [-0.2, 0) is 20.7 Å². The van der Waals surface area contributed by atoms with E-state index in [0.717, 1.165) is 11.1 Å². The molecule has 0 spiro atoms. The van der Waals surface area contributed by atoms with Gasteiger partial charge in [0, 0.05) is 5.56 Å². The number of nitrogens with one attached hydrogen (secondary N) is 1. The highest BCUT2D eigenvalue weighted by atomic mass is 32.1. The van der Waals surface area contributed by atoms with Gasteiger partial charge >= 0.3 is 5.97 Å². The summed E-state index contributed by atoms with van der Waals surface area (Å²) in [6.45, 7) is -0.125. The van der Waals surface area contributed by atoms with Gasteiger partial charge in [0.15, 0.2) is 0 Å². The summed E-state index contributed by atoms with van der Waals surface area (Å²) in [5.41, 5.74) is 7.03. The van der Waals surface area contributed by atoms with Crippen molar-refractivity contribution in [1.82, 2.24) is 5.32 Å². The standard InChI is InChI=1S/C12H14N2O3S/c1-17-11(16)7-14-10(15)6-8-2-4-9(5-3-8)12(13)18/h2-5H,6-7H2,1H3,(H2,13,18)(H,14,15). The van der Waals surface area contributed by atoms with E-state index < -0.39 is 5.97 Å². The number of esters is 1. The molecule has 0 heterocycles. The smallest absolute Gasteiger partial charge is 0.325 e. The fraction of sp³-hybridized carbons (Fsp3) is 0.250. The molecule has 0 aliphatic carbocycles. The van der Waals surface area contributed by atoms with Crippen molar-refractivity contribution in [3.8, 4) is 0 Å². The van der Waals surface area contributed by atoms with Gasteiger partial charge in [-0.15, -0.1) is 0 Å².